The first-order valence-corrected chi connectivity index (χ1v) is 7.68. The zero-order valence-electron chi connectivity index (χ0n) is 12.2. The third-order valence-corrected chi connectivity index (χ3v) is 4.36. The van der Waals surface area contributed by atoms with Crippen LogP contribution in [0.15, 0.2) is 29.3 Å². The van der Waals surface area contributed by atoms with Crippen molar-refractivity contribution in [1.82, 2.24) is 5.43 Å². The molecular weight excluding hydrogens is 248 g/mol. The van der Waals surface area contributed by atoms with Gasteiger partial charge in [0.05, 0.1) is 6.04 Å². The van der Waals surface area contributed by atoms with Gasteiger partial charge in [-0.2, -0.15) is 0 Å². The van der Waals surface area contributed by atoms with Gasteiger partial charge in [0, 0.05) is 12.2 Å². The van der Waals surface area contributed by atoms with Crippen molar-refractivity contribution in [2.45, 2.75) is 45.1 Å². The standard InChI is InChI=1S/C16H24N4/c1-12-10-13-6-2-5-9-15(13)20(11-12)16(19-17)18-14-7-3-4-8-14/h2,5-6,9,12,14H,3-4,7-8,10-11,17H2,1H3,(H,18,19). The van der Waals surface area contributed by atoms with Crippen molar-refractivity contribution < 1.29 is 0 Å². The molecule has 3 N–H and O–H groups in total. The van der Waals surface area contributed by atoms with Crippen LogP contribution in [-0.2, 0) is 6.42 Å². The lowest BCUT2D eigenvalue weighted by molar-refractivity contribution is 0.561. The highest BCUT2D eigenvalue weighted by molar-refractivity contribution is 5.97. The molecule has 1 saturated carbocycles. The predicted molar refractivity (Wildman–Crippen MR) is 83.7 cm³/mol. The number of fused-ring (bicyclic) bond motifs is 1. The van der Waals surface area contributed by atoms with Crippen molar-refractivity contribution in [3.8, 4) is 0 Å². The maximum absolute atomic E-state index is 5.76. The number of benzene rings is 1. The summed E-state index contributed by atoms with van der Waals surface area (Å²) in [4.78, 5) is 7.11. The number of hydrazine groups is 1. The van der Waals surface area contributed by atoms with Crippen LogP contribution in [0.5, 0.6) is 0 Å². The Bertz CT molecular complexity index is 491. The molecule has 0 aromatic heterocycles. The monoisotopic (exact) mass is 272 g/mol. The average molecular weight is 272 g/mol. The van der Waals surface area contributed by atoms with Crippen LogP contribution in [0.4, 0.5) is 5.69 Å². The Balaban J connectivity index is 1.91. The normalized spacial score (nSPS) is 23.8. The van der Waals surface area contributed by atoms with E-state index in [2.05, 4.69) is 41.5 Å². The molecule has 1 aromatic carbocycles. The molecule has 1 fully saturated rings. The van der Waals surface area contributed by atoms with Gasteiger partial charge in [0.15, 0.2) is 0 Å². The van der Waals surface area contributed by atoms with Crippen molar-refractivity contribution in [1.29, 1.82) is 0 Å². The topological polar surface area (TPSA) is 53.6 Å². The van der Waals surface area contributed by atoms with Crippen LogP contribution in [0.1, 0.15) is 38.2 Å². The zero-order chi connectivity index (χ0) is 13.9. The van der Waals surface area contributed by atoms with Gasteiger partial charge in [-0.05, 0) is 36.8 Å². The van der Waals surface area contributed by atoms with E-state index >= 15 is 0 Å². The summed E-state index contributed by atoms with van der Waals surface area (Å²) in [5.74, 6) is 7.21. The molecule has 108 valence electrons. The van der Waals surface area contributed by atoms with Gasteiger partial charge >= 0.3 is 0 Å². The number of nitrogens with one attached hydrogen (secondary N) is 1. The Morgan fingerprint density at radius 1 is 1.30 bits per heavy atom. The quantitative estimate of drug-likeness (QED) is 0.357. The maximum atomic E-state index is 5.76. The van der Waals surface area contributed by atoms with Gasteiger partial charge < -0.3 is 4.90 Å². The number of aliphatic imine (C=N–C) groups is 1. The minimum atomic E-state index is 0.436. The molecule has 20 heavy (non-hydrogen) atoms. The van der Waals surface area contributed by atoms with Gasteiger partial charge in [0.2, 0.25) is 5.96 Å². The minimum absolute atomic E-state index is 0.436. The van der Waals surface area contributed by atoms with Crippen LogP contribution >= 0.6 is 0 Å². The van der Waals surface area contributed by atoms with E-state index in [1.165, 1.54) is 36.9 Å². The lowest BCUT2D eigenvalue weighted by Gasteiger charge is -2.35. The summed E-state index contributed by atoms with van der Waals surface area (Å²) in [6.45, 7) is 3.26. The van der Waals surface area contributed by atoms with E-state index in [-0.39, 0.29) is 0 Å². The smallest absolute Gasteiger partial charge is 0.213 e. The van der Waals surface area contributed by atoms with E-state index < -0.39 is 0 Å². The lowest BCUT2D eigenvalue weighted by Crippen LogP contribution is -2.49. The summed E-state index contributed by atoms with van der Waals surface area (Å²) >= 11 is 0. The number of anilines is 1. The van der Waals surface area contributed by atoms with E-state index in [0.29, 0.717) is 12.0 Å². The number of hydrogen-bond acceptors (Lipinski definition) is 2. The van der Waals surface area contributed by atoms with Crippen LogP contribution in [0, 0.1) is 5.92 Å². The van der Waals surface area contributed by atoms with Crippen LogP contribution in [0.2, 0.25) is 0 Å². The number of nitrogens with zero attached hydrogens (tertiary/aromatic N) is 2. The van der Waals surface area contributed by atoms with Gasteiger partial charge in [-0.25, -0.2) is 10.8 Å². The van der Waals surface area contributed by atoms with Crippen LogP contribution in [-0.4, -0.2) is 18.5 Å². The largest absolute Gasteiger partial charge is 0.311 e. The number of guanidine groups is 1. The second kappa shape index (κ2) is 5.83. The Kier molecular flexibility index (Phi) is 3.92. The van der Waals surface area contributed by atoms with Crippen LogP contribution < -0.4 is 16.2 Å². The minimum Gasteiger partial charge on any atom is -0.311 e. The molecule has 1 aliphatic carbocycles. The molecule has 1 atom stereocenters. The highest BCUT2D eigenvalue weighted by Crippen LogP contribution is 2.30. The SMILES string of the molecule is CC1Cc2ccccc2N(C(=NC2CCCC2)NN)C1. The second-order valence-corrected chi connectivity index (χ2v) is 6.08. The first-order chi connectivity index (χ1) is 9.78. The molecule has 0 radical (unpaired) electrons. The number of rotatable bonds is 1. The number of para-hydroxylation sites is 1. The van der Waals surface area contributed by atoms with Crippen LogP contribution in [0.3, 0.4) is 0 Å². The van der Waals surface area contributed by atoms with Crippen molar-refractivity contribution in [3.05, 3.63) is 29.8 Å². The fourth-order valence-electron chi connectivity index (χ4n) is 3.39. The van der Waals surface area contributed by atoms with Gasteiger partial charge in [-0.1, -0.05) is 38.0 Å². The summed E-state index contributed by atoms with van der Waals surface area (Å²) in [5.41, 5.74) is 5.48. The molecule has 1 heterocycles. The van der Waals surface area contributed by atoms with E-state index in [0.717, 1.165) is 18.9 Å². The molecule has 4 heteroatoms. The molecule has 1 aromatic rings. The summed E-state index contributed by atoms with van der Waals surface area (Å²) in [7, 11) is 0. The van der Waals surface area contributed by atoms with Crippen molar-refractivity contribution in [3.63, 3.8) is 0 Å². The summed E-state index contributed by atoms with van der Waals surface area (Å²) in [6.07, 6.45) is 6.10. The average Bonchev–Trinajstić information content (AvgIpc) is 2.97. The summed E-state index contributed by atoms with van der Waals surface area (Å²) < 4.78 is 0. The van der Waals surface area contributed by atoms with E-state index in [1.54, 1.807) is 0 Å². The van der Waals surface area contributed by atoms with Gasteiger partial charge in [-0.3, -0.25) is 5.43 Å². The molecule has 0 saturated heterocycles. The third-order valence-electron chi connectivity index (χ3n) is 4.36. The molecule has 1 unspecified atom stereocenters. The Morgan fingerprint density at radius 3 is 2.80 bits per heavy atom. The number of hydrogen-bond donors (Lipinski definition) is 2. The van der Waals surface area contributed by atoms with Crippen molar-refractivity contribution in [2.24, 2.45) is 16.8 Å². The van der Waals surface area contributed by atoms with Crippen molar-refractivity contribution >= 4 is 11.6 Å². The Hall–Kier alpha value is -1.55. The van der Waals surface area contributed by atoms with E-state index in [9.17, 15) is 0 Å². The third kappa shape index (κ3) is 2.66. The fourth-order valence-corrected chi connectivity index (χ4v) is 3.39. The summed E-state index contributed by atoms with van der Waals surface area (Å²) in [5, 5.41) is 0. The van der Waals surface area contributed by atoms with Gasteiger partial charge in [-0.15, -0.1) is 0 Å². The molecule has 0 amide bonds. The molecule has 0 spiro atoms. The second-order valence-electron chi connectivity index (χ2n) is 6.08. The fraction of sp³-hybridized carbons (Fsp3) is 0.562. The van der Waals surface area contributed by atoms with E-state index in [4.69, 9.17) is 10.8 Å². The van der Waals surface area contributed by atoms with Gasteiger partial charge in [0.1, 0.15) is 0 Å². The highest BCUT2D eigenvalue weighted by atomic mass is 15.4. The lowest BCUT2D eigenvalue weighted by atomic mass is 9.94. The molecule has 1 aliphatic heterocycles. The number of nitrogens with two attached hydrogens (primary N) is 1. The van der Waals surface area contributed by atoms with Crippen LogP contribution in [0.25, 0.3) is 0 Å². The highest BCUT2D eigenvalue weighted by Gasteiger charge is 2.25. The molecule has 2 aliphatic rings. The van der Waals surface area contributed by atoms with Gasteiger partial charge in [0.25, 0.3) is 0 Å². The Morgan fingerprint density at radius 2 is 2.05 bits per heavy atom. The maximum Gasteiger partial charge on any atom is 0.213 e. The molecule has 4 nitrogen and oxygen atoms in total. The first-order valence-electron chi connectivity index (χ1n) is 7.68. The van der Waals surface area contributed by atoms with Crippen molar-refractivity contribution in [2.75, 3.05) is 11.4 Å². The molecular formula is C16H24N4. The Labute approximate surface area is 121 Å². The summed E-state index contributed by atoms with van der Waals surface area (Å²) in [6, 6.07) is 9.01. The molecule has 3 rings (SSSR count). The van der Waals surface area contributed by atoms with E-state index in [1.807, 2.05) is 0 Å². The zero-order valence-corrected chi connectivity index (χ0v) is 12.2. The predicted octanol–water partition coefficient (Wildman–Crippen LogP) is 2.45. The first kappa shape index (κ1) is 13.4. The molecule has 0 bridgehead atoms.